The van der Waals surface area contributed by atoms with Gasteiger partial charge in [0.2, 0.25) is 11.7 Å². The lowest BCUT2D eigenvalue weighted by Gasteiger charge is -2.32. The maximum absolute atomic E-state index is 11.0. The van der Waals surface area contributed by atoms with Gasteiger partial charge in [0, 0.05) is 5.56 Å². The molecule has 0 saturated carbocycles. The highest BCUT2D eigenvalue weighted by molar-refractivity contribution is 5.85. The molecule has 7 heteroatoms. The second-order valence-corrected chi connectivity index (χ2v) is 6.10. The zero-order valence-corrected chi connectivity index (χ0v) is 14.6. The molecule has 1 aliphatic rings. The van der Waals surface area contributed by atoms with Gasteiger partial charge in [-0.15, -0.1) is 12.4 Å². The van der Waals surface area contributed by atoms with Crippen molar-refractivity contribution in [2.45, 2.75) is 32.7 Å². The van der Waals surface area contributed by atoms with Crippen molar-refractivity contribution in [1.82, 2.24) is 15.0 Å². The molecule has 0 amide bonds. The Morgan fingerprint density at radius 2 is 2.00 bits per heavy atom. The van der Waals surface area contributed by atoms with Crippen LogP contribution in [0.15, 0.2) is 28.8 Å². The maximum atomic E-state index is 11.0. The standard InChI is InChI=1S/C17H21N3O3.ClH/c1-11-5-3-4-6-14(11)15-18-16(23-19-15)12(2)20-9-7-13(8-10-20)17(21)22;/h3-6,12-13H,7-10H2,1-2H3,(H,21,22);1H. The van der Waals surface area contributed by atoms with Crippen LogP contribution in [0.1, 0.15) is 37.3 Å². The van der Waals surface area contributed by atoms with Gasteiger partial charge in [-0.1, -0.05) is 29.4 Å². The number of aliphatic carboxylic acids is 1. The first-order valence-corrected chi connectivity index (χ1v) is 7.92. The summed E-state index contributed by atoms with van der Waals surface area (Å²) in [4.78, 5) is 17.8. The van der Waals surface area contributed by atoms with Crippen LogP contribution in [0.2, 0.25) is 0 Å². The molecular weight excluding hydrogens is 330 g/mol. The minimum atomic E-state index is -0.697. The first kappa shape index (κ1) is 18.4. The van der Waals surface area contributed by atoms with E-state index in [2.05, 4.69) is 15.0 Å². The lowest BCUT2D eigenvalue weighted by Crippen LogP contribution is -2.37. The summed E-state index contributed by atoms with van der Waals surface area (Å²) < 4.78 is 5.44. The van der Waals surface area contributed by atoms with Crippen molar-refractivity contribution < 1.29 is 14.4 Å². The molecule has 6 nitrogen and oxygen atoms in total. The molecule has 1 N–H and O–H groups in total. The molecule has 1 saturated heterocycles. The van der Waals surface area contributed by atoms with Crippen LogP contribution in [0.4, 0.5) is 0 Å². The highest BCUT2D eigenvalue weighted by Gasteiger charge is 2.29. The number of aryl methyl sites for hydroxylation is 1. The van der Waals surface area contributed by atoms with Crippen molar-refractivity contribution in [3.8, 4) is 11.4 Å². The fourth-order valence-corrected chi connectivity index (χ4v) is 3.03. The third kappa shape index (κ3) is 3.76. The zero-order valence-electron chi connectivity index (χ0n) is 13.8. The van der Waals surface area contributed by atoms with Gasteiger partial charge in [-0.05, 0) is 45.3 Å². The number of piperidine rings is 1. The quantitative estimate of drug-likeness (QED) is 0.910. The molecule has 130 valence electrons. The molecule has 1 fully saturated rings. The Kier molecular flexibility index (Phi) is 5.96. The van der Waals surface area contributed by atoms with Crippen LogP contribution >= 0.6 is 12.4 Å². The van der Waals surface area contributed by atoms with E-state index >= 15 is 0 Å². The van der Waals surface area contributed by atoms with Crippen molar-refractivity contribution in [2.24, 2.45) is 5.92 Å². The van der Waals surface area contributed by atoms with E-state index < -0.39 is 5.97 Å². The van der Waals surface area contributed by atoms with Gasteiger partial charge in [0.1, 0.15) is 0 Å². The first-order valence-electron chi connectivity index (χ1n) is 7.92. The number of likely N-dealkylation sites (tertiary alicyclic amines) is 1. The normalized spacial score (nSPS) is 17.2. The molecule has 0 radical (unpaired) electrons. The number of carbonyl (C=O) groups is 1. The minimum Gasteiger partial charge on any atom is -0.481 e. The number of benzene rings is 1. The third-order valence-corrected chi connectivity index (χ3v) is 4.61. The molecule has 24 heavy (non-hydrogen) atoms. The van der Waals surface area contributed by atoms with Crippen molar-refractivity contribution in [3.63, 3.8) is 0 Å². The SMILES string of the molecule is Cc1ccccc1-c1noc(C(C)N2CCC(C(=O)O)CC2)n1.Cl. The number of hydrogen-bond acceptors (Lipinski definition) is 5. The average Bonchev–Trinajstić information content (AvgIpc) is 3.04. The van der Waals surface area contributed by atoms with E-state index in [1.165, 1.54) is 0 Å². The number of rotatable bonds is 4. The number of hydrogen-bond donors (Lipinski definition) is 1. The van der Waals surface area contributed by atoms with Gasteiger partial charge in [0.05, 0.1) is 12.0 Å². The topological polar surface area (TPSA) is 79.5 Å². The summed E-state index contributed by atoms with van der Waals surface area (Å²) in [6.45, 7) is 5.52. The summed E-state index contributed by atoms with van der Waals surface area (Å²) in [5.74, 6) is 0.253. The molecule has 0 spiro atoms. The fraction of sp³-hybridized carbons (Fsp3) is 0.471. The largest absolute Gasteiger partial charge is 0.481 e. The van der Waals surface area contributed by atoms with Crippen LogP contribution in [0.5, 0.6) is 0 Å². The zero-order chi connectivity index (χ0) is 16.4. The Balaban J connectivity index is 0.00000208. The Labute approximate surface area is 147 Å². The molecule has 1 unspecified atom stereocenters. The molecule has 1 aromatic carbocycles. The molecule has 3 rings (SSSR count). The van der Waals surface area contributed by atoms with E-state index in [1.807, 2.05) is 38.1 Å². The van der Waals surface area contributed by atoms with Crippen LogP contribution < -0.4 is 0 Å². The van der Waals surface area contributed by atoms with E-state index in [9.17, 15) is 4.79 Å². The van der Waals surface area contributed by atoms with Gasteiger partial charge in [0.15, 0.2) is 0 Å². The Hall–Kier alpha value is -1.92. The lowest BCUT2D eigenvalue weighted by atomic mass is 9.96. The molecule has 0 bridgehead atoms. The van der Waals surface area contributed by atoms with E-state index in [1.54, 1.807) is 0 Å². The van der Waals surface area contributed by atoms with Crippen molar-refractivity contribution in [3.05, 3.63) is 35.7 Å². The summed E-state index contributed by atoms with van der Waals surface area (Å²) >= 11 is 0. The van der Waals surface area contributed by atoms with Gasteiger partial charge < -0.3 is 9.63 Å². The summed E-state index contributed by atoms with van der Waals surface area (Å²) in [6.07, 6.45) is 1.33. The average molecular weight is 352 g/mol. The van der Waals surface area contributed by atoms with Gasteiger partial charge in [-0.3, -0.25) is 9.69 Å². The summed E-state index contributed by atoms with van der Waals surface area (Å²) in [5, 5.41) is 13.2. The highest BCUT2D eigenvalue weighted by atomic mass is 35.5. The third-order valence-electron chi connectivity index (χ3n) is 4.61. The van der Waals surface area contributed by atoms with E-state index in [0.29, 0.717) is 24.6 Å². The Morgan fingerprint density at radius 3 is 2.62 bits per heavy atom. The van der Waals surface area contributed by atoms with Crippen LogP contribution in [0, 0.1) is 12.8 Å². The van der Waals surface area contributed by atoms with E-state index in [4.69, 9.17) is 9.63 Å². The van der Waals surface area contributed by atoms with Gasteiger partial charge >= 0.3 is 5.97 Å². The van der Waals surface area contributed by atoms with E-state index in [0.717, 1.165) is 24.2 Å². The lowest BCUT2D eigenvalue weighted by molar-refractivity contribution is -0.143. The second-order valence-electron chi connectivity index (χ2n) is 6.10. The van der Waals surface area contributed by atoms with Crippen LogP contribution in [-0.4, -0.2) is 39.2 Å². The number of carboxylic acids is 1. The van der Waals surface area contributed by atoms with E-state index in [-0.39, 0.29) is 24.4 Å². The highest BCUT2D eigenvalue weighted by Crippen LogP contribution is 2.28. The molecular formula is C17H22ClN3O3. The fourth-order valence-electron chi connectivity index (χ4n) is 3.03. The van der Waals surface area contributed by atoms with Gasteiger partial charge in [0.25, 0.3) is 0 Å². The molecule has 2 heterocycles. The minimum absolute atomic E-state index is 0. The molecule has 1 aromatic heterocycles. The van der Waals surface area contributed by atoms with Crippen LogP contribution in [0.3, 0.4) is 0 Å². The van der Waals surface area contributed by atoms with Crippen LogP contribution in [0.25, 0.3) is 11.4 Å². The monoisotopic (exact) mass is 351 g/mol. The number of aromatic nitrogens is 2. The predicted octanol–water partition coefficient (Wildman–Crippen LogP) is 3.32. The van der Waals surface area contributed by atoms with Gasteiger partial charge in [-0.25, -0.2) is 0 Å². The molecule has 2 aromatic rings. The smallest absolute Gasteiger partial charge is 0.306 e. The second kappa shape index (κ2) is 7.77. The van der Waals surface area contributed by atoms with Crippen molar-refractivity contribution >= 4 is 18.4 Å². The Morgan fingerprint density at radius 1 is 1.33 bits per heavy atom. The summed E-state index contributed by atoms with van der Waals surface area (Å²) in [7, 11) is 0. The molecule has 1 atom stereocenters. The first-order chi connectivity index (χ1) is 11.1. The summed E-state index contributed by atoms with van der Waals surface area (Å²) in [5.41, 5.74) is 2.08. The van der Waals surface area contributed by atoms with Crippen molar-refractivity contribution in [2.75, 3.05) is 13.1 Å². The number of carboxylic acid groups (broad SMARTS) is 1. The van der Waals surface area contributed by atoms with Gasteiger partial charge in [-0.2, -0.15) is 4.98 Å². The van der Waals surface area contributed by atoms with Crippen molar-refractivity contribution in [1.29, 1.82) is 0 Å². The number of nitrogens with zero attached hydrogens (tertiary/aromatic N) is 3. The molecule has 1 aliphatic heterocycles. The Bertz CT molecular complexity index is 696. The van der Waals surface area contributed by atoms with Crippen LogP contribution in [-0.2, 0) is 4.79 Å². The number of halogens is 1. The predicted molar refractivity (Wildman–Crippen MR) is 92.1 cm³/mol. The molecule has 0 aliphatic carbocycles. The maximum Gasteiger partial charge on any atom is 0.306 e. The summed E-state index contributed by atoms with van der Waals surface area (Å²) in [6, 6.07) is 7.93.